The third kappa shape index (κ3) is 3.50. The third-order valence-electron chi connectivity index (χ3n) is 4.38. The fourth-order valence-corrected chi connectivity index (χ4v) is 3.45. The minimum atomic E-state index is 0.304. The molecule has 19 heavy (non-hydrogen) atoms. The molecule has 3 N–H and O–H groups in total. The molecule has 1 unspecified atom stereocenters. The van der Waals surface area contributed by atoms with Gasteiger partial charge >= 0.3 is 0 Å². The van der Waals surface area contributed by atoms with E-state index in [1.165, 1.54) is 38.5 Å². The monoisotopic (exact) mass is 284 g/mol. The van der Waals surface area contributed by atoms with E-state index >= 15 is 0 Å². The van der Waals surface area contributed by atoms with E-state index in [0.29, 0.717) is 12.0 Å². The van der Waals surface area contributed by atoms with Crippen molar-refractivity contribution in [3.8, 4) is 0 Å². The normalized spacial score (nSPS) is 19.4. The molecule has 2 rings (SSSR count). The highest BCUT2D eigenvalue weighted by molar-refractivity contribution is 6.30. The largest absolute Gasteiger partial charge is 0.271 e. The summed E-state index contributed by atoms with van der Waals surface area (Å²) >= 11 is 6.32. The fraction of sp³-hybridized carbons (Fsp3) is 0.786. The Morgan fingerprint density at radius 2 is 2.00 bits per heavy atom. The first-order chi connectivity index (χ1) is 9.13. The Labute approximate surface area is 120 Å². The lowest BCUT2D eigenvalue weighted by atomic mass is 9.88. The first kappa shape index (κ1) is 14.8. The Bertz CT molecular complexity index is 408. The summed E-state index contributed by atoms with van der Waals surface area (Å²) in [6.07, 6.45) is 8.78. The van der Waals surface area contributed by atoms with E-state index < -0.39 is 0 Å². The lowest BCUT2D eigenvalue weighted by Crippen LogP contribution is -2.42. The summed E-state index contributed by atoms with van der Waals surface area (Å²) < 4.78 is 1.74. The number of nitrogens with two attached hydrogens (primary N) is 1. The molecule has 1 aliphatic rings. The van der Waals surface area contributed by atoms with Crippen molar-refractivity contribution in [3.63, 3.8) is 0 Å². The van der Waals surface area contributed by atoms with E-state index in [4.69, 9.17) is 17.4 Å². The number of nitrogens with one attached hydrogen (secondary N) is 1. The summed E-state index contributed by atoms with van der Waals surface area (Å²) in [7, 11) is 1.88. The van der Waals surface area contributed by atoms with E-state index in [1.807, 2.05) is 14.0 Å². The van der Waals surface area contributed by atoms with Gasteiger partial charge in [0, 0.05) is 18.7 Å². The quantitative estimate of drug-likeness (QED) is 0.508. The topological polar surface area (TPSA) is 55.9 Å². The Morgan fingerprint density at radius 3 is 2.47 bits per heavy atom. The van der Waals surface area contributed by atoms with Crippen LogP contribution in [-0.4, -0.2) is 15.8 Å². The lowest BCUT2D eigenvalue weighted by Gasteiger charge is -2.25. The van der Waals surface area contributed by atoms with Crippen molar-refractivity contribution in [2.75, 3.05) is 0 Å². The van der Waals surface area contributed by atoms with Crippen LogP contribution in [0.3, 0.4) is 0 Å². The molecule has 0 bridgehead atoms. The number of nitrogens with zero attached hydrogens (tertiary/aromatic N) is 2. The minimum absolute atomic E-state index is 0.304. The Hall–Kier alpha value is -0.580. The van der Waals surface area contributed by atoms with Crippen LogP contribution in [-0.2, 0) is 13.5 Å². The zero-order valence-corrected chi connectivity index (χ0v) is 12.7. The van der Waals surface area contributed by atoms with Gasteiger partial charge < -0.3 is 0 Å². The minimum Gasteiger partial charge on any atom is -0.271 e. The van der Waals surface area contributed by atoms with Crippen LogP contribution in [0.2, 0.25) is 5.15 Å². The van der Waals surface area contributed by atoms with Gasteiger partial charge in [-0.3, -0.25) is 16.0 Å². The van der Waals surface area contributed by atoms with Gasteiger partial charge in [0.15, 0.2) is 0 Å². The van der Waals surface area contributed by atoms with Gasteiger partial charge in [-0.2, -0.15) is 5.10 Å². The summed E-state index contributed by atoms with van der Waals surface area (Å²) in [6.45, 7) is 2.02. The van der Waals surface area contributed by atoms with Crippen LogP contribution in [0.1, 0.15) is 49.8 Å². The van der Waals surface area contributed by atoms with E-state index in [1.54, 1.807) is 4.68 Å². The maximum absolute atomic E-state index is 6.32. The highest BCUT2D eigenvalue weighted by atomic mass is 35.5. The number of hydrogen-bond acceptors (Lipinski definition) is 3. The second-order valence-corrected chi connectivity index (χ2v) is 6.07. The van der Waals surface area contributed by atoms with Gasteiger partial charge in [0.25, 0.3) is 0 Å². The average Bonchev–Trinajstić information content (AvgIpc) is 2.64. The average molecular weight is 285 g/mol. The van der Waals surface area contributed by atoms with Crippen LogP contribution in [0, 0.1) is 12.8 Å². The van der Waals surface area contributed by atoms with Gasteiger partial charge in [0.1, 0.15) is 5.15 Å². The van der Waals surface area contributed by atoms with E-state index in [9.17, 15) is 0 Å². The Balaban J connectivity index is 2.09. The van der Waals surface area contributed by atoms with E-state index in [2.05, 4.69) is 10.5 Å². The first-order valence-corrected chi connectivity index (χ1v) is 7.65. The second kappa shape index (κ2) is 6.73. The summed E-state index contributed by atoms with van der Waals surface area (Å²) in [5.74, 6) is 6.44. The zero-order chi connectivity index (χ0) is 13.8. The van der Waals surface area contributed by atoms with Gasteiger partial charge in [-0.1, -0.05) is 37.3 Å². The summed E-state index contributed by atoms with van der Waals surface area (Å²) in [6, 6.07) is 0.304. The molecule has 1 aliphatic carbocycles. The number of rotatable bonds is 4. The molecular formula is C14H25ClN4. The van der Waals surface area contributed by atoms with Crippen LogP contribution >= 0.6 is 11.6 Å². The molecule has 1 heterocycles. The highest BCUT2D eigenvalue weighted by Crippen LogP contribution is 2.29. The van der Waals surface area contributed by atoms with Crippen molar-refractivity contribution in [2.45, 2.75) is 57.9 Å². The summed E-state index contributed by atoms with van der Waals surface area (Å²) in [5.41, 5.74) is 5.17. The predicted octanol–water partition coefficient (Wildman–Crippen LogP) is 2.73. The van der Waals surface area contributed by atoms with Crippen LogP contribution in [0.4, 0.5) is 0 Å². The van der Waals surface area contributed by atoms with Crippen molar-refractivity contribution in [1.29, 1.82) is 0 Å². The third-order valence-corrected chi connectivity index (χ3v) is 4.85. The molecule has 5 heteroatoms. The molecule has 1 fully saturated rings. The molecule has 4 nitrogen and oxygen atoms in total. The van der Waals surface area contributed by atoms with Gasteiger partial charge in [0.2, 0.25) is 0 Å². The van der Waals surface area contributed by atoms with Crippen LogP contribution in [0.25, 0.3) is 0 Å². The highest BCUT2D eigenvalue weighted by Gasteiger charge is 2.24. The Morgan fingerprint density at radius 1 is 1.37 bits per heavy atom. The molecule has 1 aromatic rings. The molecule has 108 valence electrons. The summed E-state index contributed by atoms with van der Waals surface area (Å²) in [5, 5.41) is 5.12. The smallest absolute Gasteiger partial charge is 0.130 e. The molecular weight excluding hydrogens is 260 g/mol. The molecule has 0 aliphatic heterocycles. The maximum Gasteiger partial charge on any atom is 0.130 e. The van der Waals surface area contributed by atoms with Gasteiger partial charge in [-0.15, -0.1) is 0 Å². The standard InChI is InChI=1S/C14H25ClN4/c1-10-12(14(15)19(2)18-10)9-13(17-16)11-7-5-3-4-6-8-11/h11,13,17H,3-9,16H2,1-2H3. The predicted molar refractivity (Wildman–Crippen MR) is 79.0 cm³/mol. The molecule has 0 saturated heterocycles. The van der Waals surface area contributed by atoms with Crippen molar-refractivity contribution >= 4 is 11.6 Å². The molecule has 0 radical (unpaired) electrons. The summed E-state index contributed by atoms with van der Waals surface area (Å²) in [4.78, 5) is 0. The SMILES string of the molecule is Cc1nn(C)c(Cl)c1CC(NN)C1CCCCCC1. The molecule has 0 amide bonds. The van der Waals surface area contributed by atoms with Crippen molar-refractivity contribution in [2.24, 2.45) is 18.8 Å². The molecule has 0 aromatic carbocycles. The second-order valence-electron chi connectivity index (χ2n) is 5.71. The number of hydrogen-bond donors (Lipinski definition) is 2. The zero-order valence-electron chi connectivity index (χ0n) is 12.0. The van der Waals surface area contributed by atoms with E-state index in [-0.39, 0.29) is 0 Å². The Kier molecular flexibility index (Phi) is 5.25. The molecule has 0 spiro atoms. The molecule has 1 aromatic heterocycles. The van der Waals surface area contributed by atoms with Crippen LogP contribution in [0.5, 0.6) is 0 Å². The van der Waals surface area contributed by atoms with Gasteiger partial charge in [-0.05, 0) is 32.1 Å². The number of aryl methyl sites for hydroxylation is 2. The van der Waals surface area contributed by atoms with Crippen LogP contribution < -0.4 is 11.3 Å². The lowest BCUT2D eigenvalue weighted by molar-refractivity contribution is 0.320. The first-order valence-electron chi connectivity index (χ1n) is 7.27. The fourth-order valence-electron chi connectivity index (χ4n) is 3.20. The number of hydrazine groups is 1. The van der Waals surface area contributed by atoms with Crippen molar-refractivity contribution < 1.29 is 0 Å². The van der Waals surface area contributed by atoms with Gasteiger partial charge in [-0.25, -0.2) is 0 Å². The number of aromatic nitrogens is 2. The van der Waals surface area contributed by atoms with Crippen LogP contribution in [0.15, 0.2) is 0 Å². The molecule has 1 atom stereocenters. The van der Waals surface area contributed by atoms with Crippen molar-refractivity contribution in [1.82, 2.24) is 15.2 Å². The molecule has 1 saturated carbocycles. The van der Waals surface area contributed by atoms with E-state index in [0.717, 1.165) is 22.8 Å². The number of halogens is 1. The van der Waals surface area contributed by atoms with Crippen molar-refractivity contribution in [3.05, 3.63) is 16.4 Å². The van der Waals surface area contributed by atoms with Gasteiger partial charge in [0.05, 0.1) is 5.69 Å². The maximum atomic E-state index is 6.32.